The van der Waals surface area contributed by atoms with Crippen molar-refractivity contribution in [3.05, 3.63) is 59.3 Å². The molecule has 0 atom stereocenters. The lowest BCUT2D eigenvalue weighted by molar-refractivity contribution is -0.137. The van der Waals surface area contributed by atoms with Crippen molar-refractivity contribution >= 4 is 10.9 Å². The first-order valence-corrected chi connectivity index (χ1v) is 6.58. The molecule has 1 aromatic heterocycles. The molecule has 1 N–H and O–H groups in total. The van der Waals surface area contributed by atoms with Crippen LogP contribution in [0.1, 0.15) is 16.7 Å². The van der Waals surface area contributed by atoms with Crippen LogP contribution in [0.4, 0.5) is 13.2 Å². The molecule has 0 spiro atoms. The Morgan fingerprint density at radius 2 is 1.65 bits per heavy atom. The van der Waals surface area contributed by atoms with Gasteiger partial charge >= 0.3 is 6.18 Å². The van der Waals surface area contributed by atoms with Crippen molar-refractivity contribution in [2.24, 2.45) is 0 Å². The van der Waals surface area contributed by atoms with E-state index < -0.39 is 11.7 Å². The SMILES string of the molecule is N#Cc1ccc2[nH]cc(-c3ccccc3C(F)(F)F)c2c1C#N. The maximum Gasteiger partial charge on any atom is 0.417 e. The number of fused-ring (bicyclic) bond motifs is 1. The summed E-state index contributed by atoms with van der Waals surface area (Å²) in [6, 6.07) is 12.0. The van der Waals surface area contributed by atoms with Crippen LogP contribution in [0.25, 0.3) is 22.0 Å². The molecule has 0 aliphatic heterocycles. The first kappa shape index (κ1) is 14.7. The van der Waals surface area contributed by atoms with Crippen molar-refractivity contribution in [1.82, 2.24) is 4.98 Å². The van der Waals surface area contributed by atoms with Gasteiger partial charge in [0.25, 0.3) is 0 Å². The number of alkyl halides is 3. The predicted octanol–water partition coefficient (Wildman–Crippen LogP) is 4.60. The van der Waals surface area contributed by atoms with Crippen molar-refractivity contribution < 1.29 is 13.2 Å². The van der Waals surface area contributed by atoms with Crippen LogP contribution in [0.3, 0.4) is 0 Å². The minimum Gasteiger partial charge on any atom is -0.361 e. The largest absolute Gasteiger partial charge is 0.417 e. The van der Waals surface area contributed by atoms with E-state index in [-0.39, 0.29) is 22.3 Å². The Kier molecular flexibility index (Phi) is 3.31. The number of nitrogens with zero attached hydrogens (tertiary/aromatic N) is 2. The van der Waals surface area contributed by atoms with Crippen molar-refractivity contribution in [1.29, 1.82) is 10.5 Å². The van der Waals surface area contributed by atoms with Gasteiger partial charge in [-0.25, -0.2) is 0 Å². The van der Waals surface area contributed by atoms with Gasteiger partial charge in [0, 0.05) is 22.7 Å². The third kappa shape index (κ3) is 2.31. The van der Waals surface area contributed by atoms with E-state index in [2.05, 4.69) is 4.98 Å². The first-order valence-electron chi connectivity index (χ1n) is 6.58. The zero-order valence-electron chi connectivity index (χ0n) is 11.6. The minimum absolute atomic E-state index is 0.0298. The maximum absolute atomic E-state index is 13.2. The Bertz CT molecular complexity index is 985. The number of aromatic amines is 1. The number of hydrogen-bond acceptors (Lipinski definition) is 2. The van der Waals surface area contributed by atoms with Crippen LogP contribution in [0.15, 0.2) is 42.6 Å². The Balaban J connectivity index is 2.41. The molecule has 6 heteroatoms. The summed E-state index contributed by atoms with van der Waals surface area (Å²) in [6.07, 6.45) is -3.09. The molecule has 3 nitrogen and oxygen atoms in total. The van der Waals surface area contributed by atoms with Crippen LogP contribution >= 0.6 is 0 Å². The highest BCUT2D eigenvalue weighted by molar-refractivity contribution is 6.01. The number of nitriles is 2. The molecular weight excluding hydrogens is 303 g/mol. The summed E-state index contributed by atoms with van der Waals surface area (Å²) in [5.74, 6) is 0. The van der Waals surface area contributed by atoms with E-state index in [1.807, 2.05) is 12.1 Å². The Hall–Kier alpha value is -3.25. The van der Waals surface area contributed by atoms with Crippen molar-refractivity contribution in [2.45, 2.75) is 6.18 Å². The second-order valence-electron chi connectivity index (χ2n) is 4.88. The van der Waals surface area contributed by atoms with Gasteiger partial charge < -0.3 is 4.98 Å². The molecule has 0 aliphatic rings. The molecule has 1 heterocycles. The van der Waals surface area contributed by atoms with Crippen molar-refractivity contribution in [3.63, 3.8) is 0 Å². The highest BCUT2D eigenvalue weighted by Gasteiger charge is 2.34. The van der Waals surface area contributed by atoms with Gasteiger partial charge in [0.1, 0.15) is 12.1 Å². The second-order valence-corrected chi connectivity index (χ2v) is 4.88. The summed E-state index contributed by atoms with van der Waals surface area (Å²) in [4.78, 5) is 2.86. The van der Waals surface area contributed by atoms with Gasteiger partial charge in [-0.15, -0.1) is 0 Å². The van der Waals surface area contributed by atoms with Gasteiger partial charge in [-0.3, -0.25) is 0 Å². The standard InChI is InChI=1S/C17H8F3N3/c18-17(19,20)14-4-2-1-3-11(14)13-9-23-15-6-5-10(7-21)12(8-22)16(13)15/h1-6,9,23H. The van der Waals surface area contributed by atoms with Crippen molar-refractivity contribution in [2.75, 3.05) is 0 Å². The molecule has 112 valence electrons. The van der Waals surface area contributed by atoms with Gasteiger partial charge in [0.15, 0.2) is 0 Å². The van der Waals surface area contributed by atoms with E-state index >= 15 is 0 Å². The number of hydrogen-bond donors (Lipinski definition) is 1. The number of H-pyrrole nitrogens is 1. The lowest BCUT2D eigenvalue weighted by Gasteiger charge is -2.12. The maximum atomic E-state index is 13.2. The van der Waals surface area contributed by atoms with E-state index in [1.54, 1.807) is 6.07 Å². The molecule has 0 bridgehead atoms. The summed E-state index contributed by atoms with van der Waals surface area (Å²) >= 11 is 0. The summed E-state index contributed by atoms with van der Waals surface area (Å²) in [7, 11) is 0. The fourth-order valence-corrected chi connectivity index (χ4v) is 2.61. The van der Waals surface area contributed by atoms with Crippen LogP contribution in [0, 0.1) is 22.7 Å². The Morgan fingerprint density at radius 3 is 2.30 bits per heavy atom. The molecule has 2 aromatic carbocycles. The lowest BCUT2D eigenvalue weighted by atomic mass is 9.95. The minimum atomic E-state index is -4.51. The average molecular weight is 311 g/mol. The molecule has 23 heavy (non-hydrogen) atoms. The molecule has 3 rings (SSSR count). The third-order valence-electron chi connectivity index (χ3n) is 3.60. The van der Waals surface area contributed by atoms with Crippen molar-refractivity contribution in [3.8, 4) is 23.3 Å². The molecule has 0 amide bonds. The Morgan fingerprint density at radius 1 is 0.913 bits per heavy atom. The summed E-state index contributed by atoms with van der Waals surface area (Å²) in [5, 5.41) is 18.8. The average Bonchev–Trinajstić information content (AvgIpc) is 2.97. The molecule has 0 aliphatic carbocycles. The van der Waals surface area contributed by atoms with E-state index in [4.69, 9.17) is 5.26 Å². The highest BCUT2D eigenvalue weighted by atomic mass is 19.4. The van der Waals surface area contributed by atoms with E-state index in [1.165, 1.54) is 30.5 Å². The van der Waals surface area contributed by atoms with E-state index in [0.29, 0.717) is 10.9 Å². The molecule has 0 saturated heterocycles. The van der Waals surface area contributed by atoms with E-state index in [9.17, 15) is 18.4 Å². The van der Waals surface area contributed by atoms with Crippen LogP contribution in [-0.4, -0.2) is 4.98 Å². The second kappa shape index (κ2) is 5.19. The van der Waals surface area contributed by atoms with Crippen LogP contribution < -0.4 is 0 Å². The zero-order valence-corrected chi connectivity index (χ0v) is 11.6. The van der Waals surface area contributed by atoms with Gasteiger partial charge in [0.05, 0.1) is 16.7 Å². The number of aromatic nitrogens is 1. The molecule has 0 radical (unpaired) electrons. The predicted molar refractivity (Wildman–Crippen MR) is 78.2 cm³/mol. The first-order chi connectivity index (χ1) is 11.0. The topological polar surface area (TPSA) is 63.4 Å². The summed E-state index contributed by atoms with van der Waals surface area (Å²) < 4.78 is 39.7. The molecule has 0 fully saturated rings. The number of halogens is 3. The normalized spacial score (nSPS) is 11.2. The smallest absolute Gasteiger partial charge is 0.361 e. The fourth-order valence-electron chi connectivity index (χ4n) is 2.61. The third-order valence-corrected chi connectivity index (χ3v) is 3.60. The van der Waals surface area contributed by atoms with Gasteiger partial charge in [-0.2, -0.15) is 23.7 Å². The van der Waals surface area contributed by atoms with E-state index in [0.717, 1.165) is 6.07 Å². The number of benzene rings is 2. The fraction of sp³-hybridized carbons (Fsp3) is 0.0588. The molecule has 0 unspecified atom stereocenters. The van der Waals surface area contributed by atoms with Crippen LogP contribution in [0.2, 0.25) is 0 Å². The van der Waals surface area contributed by atoms with Crippen LogP contribution in [-0.2, 0) is 6.18 Å². The van der Waals surface area contributed by atoms with Gasteiger partial charge in [0.2, 0.25) is 0 Å². The number of rotatable bonds is 1. The molecule has 3 aromatic rings. The number of nitrogens with one attached hydrogen (secondary N) is 1. The molecule has 0 saturated carbocycles. The lowest BCUT2D eigenvalue weighted by Crippen LogP contribution is -2.06. The Labute approximate surface area is 129 Å². The van der Waals surface area contributed by atoms with Gasteiger partial charge in [-0.1, -0.05) is 18.2 Å². The summed E-state index contributed by atoms with van der Waals surface area (Å²) in [5.41, 5.74) is 0.141. The summed E-state index contributed by atoms with van der Waals surface area (Å²) in [6.45, 7) is 0. The quantitative estimate of drug-likeness (QED) is 0.714. The monoisotopic (exact) mass is 311 g/mol. The van der Waals surface area contributed by atoms with Gasteiger partial charge in [-0.05, 0) is 23.8 Å². The highest BCUT2D eigenvalue weighted by Crippen LogP contribution is 2.40. The van der Waals surface area contributed by atoms with Crippen LogP contribution in [0.5, 0.6) is 0 Å². The molecular formula is C17H8F3N3. The zero-order chi connectivity index (χ0) is 16.6.